The minimum Gasteiger partial charge on any atom is -0.464 e. The molecule has 0 aliphatic heterocycles. The number of aromatic nitrogens is 3. The maximum absolute atomic E-state index is 12.1. The van der Waals surface area contributed by atoms with Gasteiger partial charge in [-0.1, -0.05) is 6.07 Å². The van der Waals surface area contributed by atoms with Crippen LogP contribution in [-0.2, 0) is 17.1 Å². The van der Waals surface area contributed by atoms with E-state index in [9.17, 15) is 13.2 Å². The summed E-state index contributed by atoms with van der Waals surface area (Å²) in [6.07, 6.45) is 6.20. The molecule has 0 aliphatic rings. The van der Waals surface area contributed by atoms with Crippen molar-refractivity contribution >= 4 is 26.8 Å². The van der Waals surface area contributed by atoms with E-state index in [4.69, 9.17) is 4.74 Å². The zero-order valence-electron chi connectivity index (χ0n) is 14.6. The Morgan fingerprint density at radius 3 is 2.58 bits per heavy atom. The lowest BCUT2D eigenvalue weighted by molar-refractivity contribution is 0.0982. The highest BCUT2D eigenvalue weighted by molar-refractivity contribution is 7.89. The van der Waals surface area contributed by atoms with E-state index >= 15 is 0 Å². The Morgan fingerprint density at radius 2 is 1.96 bits per heavy atom. The Balaban J connectivity index is 2.00. The summed E-state index contributed by atoms with van der Waals surface area (Å²) in [5.74, 6) is -0.665. The Hall–Kier alpha value is -2.94. The SMILES string of the molecule is CCOc1ncc(-c2cn(C)c3cc(C(=O)NS(C)(=O)=O)ccc23)cn1. The predicted octanol–water partition coefficient (Wildman–Crippen LogP) is 1.72. The standard InChI is InChI=1S/C17H18N4O4S/c1-4-25-17-18-8-12(9-19-17)14-10-21(2)15-7-11(5-6-13(14)15)16(22)20-26(3,23)24/h5-10H,4H2,1-3H3,(H,20,22). The molecule has 0 atom stereocenters. The number of carbonyl (C=O) groups excluding carboxylic acids is 1. The number of carbonyl (C=O) groups is 1. The third kappa shape index (κ3) is 3.67. The summed E-state index contributed by atoms with van der Waals surface area (Å²) in [6.45, 7) is 2.35. The van der Waals surface area contributed by atoms with E-state index in [0.29, 0.717) is 12.6 Å². The molecule has 26 heavy (non-hydrogen) atoms. The van der Waals surface area contributed by atoms with Gasteiger partial charge in [0, 0.05) is 53.2 Å². The summed E-state index contributed by atoms with van der Waals surface area (Å²) in [7, 11) is -1.77. The van der Waals surface area contributed by atoms with Crippen LogP contribution in [0.2, 0.25) is 0 Å². The number of hydrogen-bond acceptors (Lipinski definition) is 6. The number of nitrogens with one attached hydrogen (secondary N) is 1. The van der Waals surface area contributed by atoms with E-state index < -0.39 is 15.9 Å². The van der Waals surface area contributed by atoms with Crippen LogP contribution >= 0.6 is 0 Å². The lowest BCUT2D eigenvalue weighted by Gasteiger charge is -2.05. The second kappa shape index (κ2) is 6.75. The summed E-state index contributed by atoms with van der Waals surface area (Å²) in [6, 6.07) is 5.32. The van der Waals surface area contributed by atoms with Gasteiger partial charge in [-0.2, -0.15) is 0 Å². The summed E-state index contributed by atoms with van der Waals surface area (Å²) in [4.78, 5) is 20.4. The number of sulfonamides is 1. The summed E-state index contributed by atoms with van der Waals surface area (Å²) in [5, 5.41) is 0.899. The molecule has 1 N–H and O–H groups in total. The van der Waals surface area contributed by atoms with Crippen molar-refractivity contribution < 1.29 is 17.9 Å². The molecule has 3 aromatic rings. The van der Waals surface area contributed by atoms with E-state index in [0.717, 1.165) is 28.3 Å². The molecule has 0 spiro atoms. The molecule has 2 aromatic heterocycles. The van der Waals surface area contributed by atoms with Crippen molar-refractivity contribution in [2.45, 2.75) is 6.92 Å². The number of nitrogens with zero attached hydrogens (tertiary/aromatic N) is 3. The van der Waals surface area contributed by atoms with Gasteiger partial charge in [0.05, 0.1) is 12.9 Å². The van der Waals surface area contributed by atoms with Crippen molar-refractivity contribution in [1.29, 1.82) is 0 Å². The van der Waals surface area contributed by atoms with Crippen molar-refractivity contribution in [3.05, 3.63) is 42.4 Å². The molecule has 0 bridgehead atoms. The van der Waals surface area contributed by atoms with Gasteiger partial charge in [-0.3, -0.25) is 4.79 Å². The van der Waals surface area contributed by atoms with E-state index in [1.165, 1.54) is 0 Å². The van der Waals surface area contributed by atoms with Crippen LogP contribution in [0.5, 0.6) is 6.01 Å². The molecule has 0 radical (unpaired) electrons. The average molecular weight is 374 g/mol. The maximum Gasteiger partial charge on any atom is 0.316 e. The zero-order valence-corrected chi connectivity index (χ0v) is 15.4. The Bertz CT molecular complexity index is 1070. The molecule has 1 amide bonds. The number of aryl methyl sites for hydroxylation is 1. The van der Waals surface area contributed by atoms with Gasteiger partial charge in [0.2, 0.25) is 10.0 Å². The fourth-order valence-corrected chi connectivity index (χ4v) is 3.10. The van der Waals surface area contributed by atoms with Gasteiger partial charge in [0.15, 0.2) is 0 Å². The van der Waals surface area contributed by atoms with Gasteiger partial charge in [-0.25, -0.2) is 23.1 Å². The summed E-state index contributed by atoms with van der Waals surface area (Å²) < 4.78 is 31.6. The fourth-order valence-electron chi connectivity index (χ4n) is 2.64. The monoisotopic (exact) mass is 374 g/mol. The predicted molar refractivity (Wildman–Crippen MR) is 97.4 cm³/mol. The first-order valence-electron chi connectivity index (χ1n) is 7.85. The minimum atomic E-state index is -3.62. The fraction of sp³-hybridized carbons (Fsp3) is 0.235. The van der Waals surface area contributed by atoms with Crippen LogP contribution in [0.3, 0.4) is 0 Å². The molecule has 1 aromatic carbocycles. The smallest absolute Gasteiger partial charge is 0.316 e. The van der Waals surface area contributed by atoms with Crippen molar-refractivity contribution in [2.24, 2.45) is 7.05 Å². The Kier molecular flexibility index (Phi) is 4.64. The first-order valence-corrected chi connectivity index (χ1v) is 9.74. The lowest BCUT2D eigenvalue weighted by atomic mass is 10.1. The highest BCUT2D eigenvalue weighted by Gasteiger charge is 2.15. The molecule has 136 valence electrons. The van der Waals surface area contributed by atoms with Gasteiger partial charge < -0.3 is 9.30 Å². The number of fused-ring (bicyclic) bond motifs is 1. The number of amides is 1. The maximum atomic E-state index is 12.1. The summed E-state index contributed by atoms with van der Waals surface area (Å²) >= 11 is 0. The van der Waals surface area contributed by atoms with Crippen LogP contribution in [0, 0.1) is 0 Å². The number of benzene rings is 1. The van der Waals surface area contributed by atoms with Gasteiger partial charge in [0.25, 0.3) is 5.91 Å². The Labute approximate surface area is 150 Å². The first-order chi connectivity index (χ1) is 12.3. The van der Waals surface area contributed by atoms with Crippen molar-refractivity contribution in [2.75, 3.05) is 12.9 Å². The van der Waals surface area contributed by atoms with Crippen LogP contribution in [0.4, 0.5) is 0 Å². The summed E-state index contributed by atoms with van der Waals surface area (Å²) in [5.41, 5.74) is 2.77. The normalized spacial score (nSPS) is 11.5. The Morgan fingerprint density at radius 1 is 1.27 bits per heavy atom. The first kappa shape index (κ1) is 17.9. The second-order valence-corrected chi connectivity index (χ2v) is 7.52. The van der Waals surface area contributed by atoms with Gasteiger partial charge >= 0.3 is 6.01 Å². The van der Waals surface area contributed by atoms with Crippen LogP contribution < -0.4 is 9.46 Å². The van der Waals surface area contributed by atoms with E-state index in [-0.39, 0.29) is 5.56 Å². The van der Waals surface area contributed by atoms with E-state index in [1.54, 1.807) is 30.6 Å². The number of hydrogen-bond donors (Lipinski definition) is 1. The van der Waals surface area contributed by atoms with Crippen LogP contribution in [-0.4, -0.2) is 41.7 Å². The van der Waals surface area contributed by atoms with E-state index in [2.05, 4.69) is 9.97 Å². The highest BCUT2D eigenvalue weighted by atomic mass is 32.2. The van der Waals surface area contributed by atoms with Crippen molar-refractivity contribution in [3.63, 3.8) is 0 Å². The van der Waals surface area contributed by atoms with Gasteiger partial charge in [-0.05, 0) is 19.1 Å². The molecule has 9 heteroatoms. The topological polar surface area (TPSA) is 103 Å². The van der Waals surface area contributed by atoms with Gasteiger partial charge in [0.1, 0.15) is 0 Å². The van der Waals surface area contributed by atoms with Gasteiger partial charge in [-0.15, -0.1) is 0 Å². The third-order valence-corrected chi connectivity index (χ3v) is 4.30. The number of rotatable bonds is 5. The lowest BCUT2D eigenvalue weighted by Crippen LogP contribution is -2.29. The highest BCUT2D eigenvalue weighted by Crippen LogP contribution is 2.30. The molecule has 8 nitrogen and oxygen atoms in total. The minimum absolute atomic E-state index is 0.263. The van der Waals surface area contributed by atoms with Crippen LogP contribution in [0.25, 0.3) is 22.0 Å². The van der Waals surface area contributed by atoms with E-state index in [1.807, 2.05) is 29.5 Å². The molecular formula is C17H18N4O4S. The molecule has 0 saturated carbocycles. The van der Waals surface area contributed by atoms with Crippen molar-refractivity contribution in [3.8, 4) is 17.1 Å². The third-order valence-electron chi connectivity index (χ3n) is 3.74. The molecule has 3 rings (SSSR count). The molecular weight excluding hydrogens is 356 g/mol. The second-order valence-electron chi connectivity index (χ2n) is 5.78. The molecule has 0 unspecified atom stereocenters. The quantitative estimate of drug-likeness (QED) is 0.729. The van der Waals surface area contributed by atoms with Crippen LogP contribution in [0.1, 0.15) is 17.3 Å². The molecule has 0 fully saturated rings. The molecule has 0 aliphatic carbocycles. The van der Waals surface area contributed by atoms with Crippen molar-refractivity contribution in [1.82, 2.24) is 19.3 Å². The number of ether oxygens (including phenoxy) is 1. The largest absolute Gasteiger partial charge is 0.464 e. The molecule has 2 heterocycles. The van der Waals surface area contributed by atoms with Crippen LogP contribution in [0.15, 0.2) is 36.8 Å². The average Bonchev–Trinajstić information content (AvgIpc) is 2.91. The zero-order chi connectivity index (χ0) is 18.9. The molecule has 0 saturated heterocycles.